The maximum absolute atomic E-state index is 12.9. The zero-order valence-electron chi connectivity index (χ0n) is 9.92. The van der Waals surface area contributed by atoms with Crippen LogP contribution in [0.25, 0.3) is 0 Å². The van der Waals surface area contributed by atoms with Crippen LogP contribution >= 0.6 is 23.2 Å². The van der Waals surface area contributed by atoms with Crippen LogP contribution < -0.4 is 0 Å². The van der Waals surface area contributed by atoms with E-state index in [4.69, 9.17) is 23.2 Å². The molecule has 0 unspecified atom stereocenters. The summed E-state index contributed by atoms with van der Waals surface area (Å²) in [5.41, 5.74) is 0.393. The lowest BCUT2D eigenvalue weighted by Crippen LogP contribution is -2.22. The van der Waals surface area contributed by atoms with Crippen molar-refractivity contribution in [3.63, 3.8) is 0 Å². The summed E-state index contributed by atoms with van der Waals surface area (Å²) in [5, 5.41) is 0.584. The largest absolute Gasteiger partial charge is 0.220 e. The quantitative estimate of drug-likeness (QED) is 0.771. The van der Waals surface area contributed by atoms with Crippen molar-refractivity contribution in [1.29, 1.82) is 0 Å². The molecule has 2 aromatic rings. The number of hydrogen-bond acceptors (Lipinski definition) is 2. The molecule has 0 aliphatic heterocycles. The van der Waals surface area contributed by atoms with Crippen molar-refractivity contribution in [2.75, 3.05) is 0 Å². The Morgan fingerprint density at radius 1 is 1.00 bits per heavy atom. The first-order valence-corrected chi connectivity index (χ1v) is 6.12. The van der Waals surface area contributed by atoms with Crippen molar-refractivity contribution in [3.05, 3.63) is 57.8 Å². The summed E-state index contributed by atoms with van der Waals surface area (Å²) in [6.07, 6.45) is 0. The molecule has 0 bridgehead atoms. The molecule has 94 valence electrons. The number of rotatable bonds is 2. The average molecular weight is 285 g/mol. The first-order valence-electron chi connectivity index (χ1n) is 5.36. The molecular formula is C13H11Cl2FN2. The third-order valence-electron chi connectivity index (χ3n) is 2.79. The smallest absolute Gasteiger partial charge is 0.141 e. The van der Waals surface area contributed by atoms with Gasteiger partial charge in [-0.1, -0.05) is 35.3 Å². The summed E-state index contributed by atoms with van der Waals surface area (Å²) in [6, 6.07) is 7.70. The van der Waals surface area contributed by atoms with Crippen molar-refractivity contribution < 1.29 is 4.39 Å². The number of halogens is 3. The van der Waals surface area contributed by atoms with Gasteiger partial charge in [0.1, 0.15) is 21.9 Å². The summed E-state index contributed by atoms with van der Waals surface area (Å²) < 4.78 is 12.9. The third kappa shape index (κ3) is 2.62. The molecule has 0 spiro atoms. The van der Waals surface area contributed by atoms with Crippen LogP contribution in [-0.2, 0) is 5.41 Å². The Morgan fingerprint density at radius 3 is 2.00 bits per heavy atom. The standard InChI is InChI=1S/C13H11Cl2FN2/c1-13(2,8-3-5-9(16)6-4-8)12-17-10(14)7-11(15)18-12/h3-7H,1-2H3. The Hall–Kier alpha value is -1.19. The molecule has 0 aliphatic rings. The second kappa shape index (κ2) is 4.82. The molecule has 0 saturated heterocycles. The molecule has 2 nitrogen and oxygen atoms in total. The Kier molecular flexibility index (Phi) is 3.55. The minimum atomic E-state index is -0.498. The van der Waals surface area contributed by atoms with Gasteiger partial charge in [-0.3, -0.25) is 0 Å². The third-order valence-corrected chi connectivity index (χ3v) is 3.18. The van der Waals surface area contributed by atoms with Crippen molar-refractivity contribution in [2.24, 2.45) is 0 Å². The second-order valence-corrected chi connectivity index (χ2v) is 5.24. The molecule has 0 fully saturated rings. The van der Waals surface area contributed by atoms with Crippen molar-refractivity contribution >= 4 is 23.2 Å². The Morgan fingerprint density at radius 2 is 1.50 bits per heavy atom. The van der Waals surface area contributed by atoms with Crippen molar-refractivity contribution in [2.45, 2.75) is 19.3 Å². The summed E-state index contributed by atoms with van der Waals surface area (Å²) in [5.74, 6) is 0.228. The number of benzene rings is 1. The normalized spacial score (nSPS) is 11.6. The highest BCUT2D eigenvalue weighted by atomic mass is 35.5. The number of hydrogen-bond donors (Lipinski definition) is 0. The van der Waals surface area contributed by atoms with Gasteiger partial charge in [-0.2, -0.15) is 0 Å². The fourth-order valence-corrected chi connectivity index (χ4v) is 2.09. The second-order valence-electron chi connectivity index (χ2n) is 4.47. The predicted molar refractivity (Wildman–Crippen MR) is 70.6 cm³/mol. The van der Waals surface area contributed by atoms with E-state index in [1.54, 1.807) is 12.1 Å². The van der Waals surface area contributed by atoms with E-state index in [0.29, 0.717) is 16.1 Å². The maximum atomic E-state index is 12.9. The van der Waals surface area contributed by atoms with Gasteiger partial charge in [-0.25, -0.2) is 14.4 Å². The van der Waals surface area contributed by atoms with E-state index in [-0.39, 0.29) is 5.82 Å². The predicted octanol–water partition coefficient (Wildman–Crippen LogP) is 4.25. The van der Waals surface area contributed by atoms with Gasteiger partial charge in [0.15, 0.2) is 0 Å². The van der Waals surface area contributed by atoms with Gasteiger partial charge in [0, 0.05) is 11.5 Å². The van der Waals surface area contributed by atoms with E-state index in [1.807, 2.05) is 13.8 Å². The number of nitrogens with zero attached hydrogens (tertiary/aromatic N) is 2. The molecule has 5 heteroatoms. The molecule has 0 saturated carbocycles. The molecule has 2 rings (SSSR count). The van der Waals surface area contributed by atoms with E-state index < -0.39 is 5.41 Å². The zero-order chi connectivity index (χ0) is 13.3. The fraction of sp³-hybridized carbons (Fsp3) is 0.231. The van der Waals surface area contributed by atoms with E-state index in [0.717, 1.165) is 5.56 Å². The van der Waals surface area contributed by atoms with Gasteiger partial charge in [-0.05, 0) is 31.5 Å². The maximum Gasteiger partial charge on any atom is 0.141 e. The highest BCUT2D eigenvalue weighted by Crippen LogP contribution is 2.30. The highest BCUT2D eigenvalue weighted by Gasteiger charge is 2.27. The lowest BCUT2D eigenvalue weighted by atomic mass is 9.84. The molecular weight excluding hydrogens is 274 g/mol. The minimum Gasteiger partial charge on any atom is -0.220 e. The summed E-state index contributed by atoms with van der Waals surface area (Å²) in [4.78, 5) is 8.36. The van der Waals surface area contributed by atoms with Crippen LogP contribution in [0.5, 0.6) is 0 Å². The van der Waals surface area contributed by atoms with E-state index in [9.17, 15) is 4.39 Å². The van der Waals surface area contributed by atoms with Gasteiger partial charge >= 0.3 is 0 Å². The molecule has 18 heavy (non-hydrogen) atoms. The number of aromatic nitrogens is 2. The van der Waals surface area contributed by atoms with Crippen molar-refractivity contribution in [1.82, 2.24) is 9.97 Å². The average Bonchev–Trinajstić information content (AvgIpc) is 2.28. The van der Waals surface area contributed by atoms with Gasteiger partial charge in [0.25, 0.3) is 0 Å². The minimum absolute atomic E-state index is 0.278. The van der Waals surface area contributed by atoms with E-state index >= 15 is 0 Å². The van der Waals surface area contributed by atoms with Crippen LogP contribution in [0.1, 0.15) is 25.2 Å². The lowest BCUT2D eigenvalue weighted by molar-refractivity contribution is 0.583. The Labute approximate surface area is 115 Å². The molecule has 1 aromatic carbocycles. The molecule has 1 aromatic heterocycles. The molecule has 0 N–H and O–H groups in total. The highest BCUT2D eigenvalue weighted by molar-refractivity contribution is 6.33. The van der Waals surface area contributed by atoms with E-state index in [1.165, 1.54) is 18.2 Å². The van der Waals surface area contributed by atoms with E-state index in [2.05, 4.69) is 9.97 Å². The lowest BCUT2D eigenvalue weighted by Gasteiger charge is -2.23. The van der Waals surface area contributed by atoms with Crippen LogP contribution in [0.4, 0.5) is 4.39 Å². The molecule has 1 heterocycles. The molecule has 0 atom stereocenters. The topological polar surface area (TPSA) is 25.8 Å². The van der Waals surface area contributed by atoms with Crippen LogP contribution in [-0.4, -0.2) is 9.97 Å². The Bertz CT molecular complexity index is 547. The molecule has 0 radical (unpaired) electrons. The zero-order valence-corrected chi connectivity index (χ0v) is 11.4. The first-order chi connectivity index (χ1) is 8.39. The molecule has 0 aliphatic carbocycles. The monoisotopic (exact) mass is 284 g/mol. The van der Waals surface area contributed by atoms with Crippen molar-refractivity contribution in [3.8, 4) is 0 Å². The van der Waals surface area contributed by atoms with Gasteiger partial charge in [0.2, 0.25) is 0 Å². The van der Waals surface area contributed by atoms with Gasteiger partial charge in [0.05, 0.1) is 0 Å². The molecule has 0 amide bonds. The first kappa shape index (κ1) is 13.2. The van der Waals surface area contributed by atoms with Crippen LogP contribution in [0.2, 0.25) is 10.3 Å². The van der Waals surface area contributed by atoms with Crippen LogP contribution in [0.3, 0.4) is 0 Å². The summed E-state index contributed by atoms with van der Waals surface area (Å²) in [7, 11) is 0. The summed E-state index contributed by atoms with van der Waals surface area (Å²) >= 11 is 11.7. The van der Waals surface area contributed by atoms with Gasteiger partial charge in [-0.15, -0.1) is 0 Å². The Balaban J connectivity index is 2.49. The SMILES string of the molecule is CC(C)(c1ccc(F)cc1)c1nc(Cl)cc(Cl)n1. The van der Waals surface area contributed by atoms with Crippen LogP contribution in [0, 0.1) is 5.82 Å². The van der Waals surface area contributed by atoms with Gasteiger partial charge < -0.3 is 0 Å². The summed E-state index contributed by atoms with van der Waals surface area (Å²) in [6.45, 7) is 3.87. The fourth-order valence-electron chi connectivity index (χ4n) is 1.67. The van der Waals surface area contributed by atoms with Crippen LogP contribution in [0.15, 0.2) is 30.3 Å².